The lowest BCUT2D eigenvalue weighted by Crippen LogP contribution is -2.48. The SMILES string of the molecule is CC1CS(=O)(=O)CCN1c1nc2c(cc1C(N)=S)CCC2. The normalized spacial score (nSPS) is 23.9. The van der Waals surface area contributed by atoms with Crippen LogP contribution in [0.4, 0.5) is 5.82 Å². The topological polar surface area (TPSA) is 76.3 Å². The zero-order valence-corrected chi connectivity index (χ0v) is 13.6. The Labute approximate surface area is 130 Å². The van der Waals surface area contributed by atoms with Crippen LogP contribution in [0.5, 0.6) is 0 Å². The van der Waals surface area contributed by atoms with Crippen molar-refractivity contribution >= 4 is 32.9 Å². The van der Waals surface area contributed by atoms with Gasteiger partial charge in [0.05, 0.1) is 17.1 Å². The minimum atomic E-state index is -2.95. The Morgan fingerprint density at radius 2 is 2.24 bits per heavy atom. The van der Waals surface area contributed by atoms with Crippen LogP contribution in [0, 0.1) is 0 Å². The molecule has 1 fully saturated rings. The summed E-state index contributed by atoms with van der Waals surface area (Å²) in [6, 6.07) is 1.94. The number of pyridine rings is 1. The van der Waals surface area contributed by atoms with E-state index in [2.05, 4.69) is 0 Å². The van der Waals surface area contributed by atoms with Crippen molar-refractivity contribution in [3.63, 3.8) is 0 Å². The molecule has 7 heteroatoms. The van der Waals surface area contributed by atoms with E-state index in [9.17, 15) is 8.42 Å². The quantitative estimate of drug-likeness (QED) is 0.812. The maximum atomic E-state index is 11.7. The lowest BCUT2D eigenvalue weighted by molar-refractivity contribution is 0.566. The lowest BCUT2D eigenvalue weighted by atomic mass is 10.1. The van der Waals surface area contributed by atoms with Crippen molar-refractivity contribution in [2.75, 3.05) is 23.0 Å². The van der Waals surface area contributed by atoms with Gasteiger partial charge in [-0.05, 0) is 37.8 Å². The first-order chi connectivity index (χ1) is 9.87. The first-order valence-corrected chi connectivity index (χ1v) is 9.40. The van der Waals surface area contributed by atoms with Crippen LogP contribution >= 0.6 is 12.2 Å². The zero-order chi connectivity index (χ0) is 15.2. The molecule has 0 spiro atoms. The molecule has 1 saturated heterocycles. The third kappa shape index (κ3) is 2.76. The van der Waals surface area contributed by atoms with Gasteiger partial charge in [0, 0.05) is 18.3 Å². The summed E-state index contributed by atoms with van der Waals surface area (Å²) in [6.45, 7) is 2.36. The van der Waals surface area contributed by atoms with Crippen LogP contribution < -0.4 is 10.6 Å². The number of anilines is 1. The van der Waals surface area contributed by atoms with E-state index in [0.29, 0.717) is 11.5 Å². The number of rotatable bonds is 2. The fourth-order valence-corrected chi connectivity index (χ4v) is 4.88. The standard InChI is InChI=1S/C14H19N3O2S2/c1-9-8-21(18,19)6-5-17(9)14-11(13(15)20)7-10-3-2-4-12(10)16-14/h7,9H,2-6,8H2,1H3,(H2,15,20). The minimum absolute atomic E-state index is 0.108. The highest BCUT2D eigenvalue weighted by Gasteiger charge is 2.31. The van der Waals surface area contributed by atoms with Gasteiger partial charge in [0.1, 0.15) is 10.8 Å². The van der Waals surface area contributed by atoms with E-state index in [-0.39, 0.29) is 17.5 Å². The van der Waals surface area contributed by atoms with Crippen molar-refractivity contribution in [2.24, 2.45) is 5.73 Å². The van der Waals surface area contributed by atoms with Crippen molar-refractivity contribution in [1.82, 2.24) is 4.98 Å². The van der Waals surface area contributed by atoms with Crippen LogP contribution in [0.3, 0.4) is 0 Å². The summed E-state index contributed by atoms with van der Waals surface area (Å²) >= 11 is 5.17. The largest absolute Gasteiger partial charge is 0.389 e. The summed E-state index contributed by atoms with van der Waals surface area (Å²) < 4.78 is 23.5. The highest BCUT2D eigenvalue weighted by atomic mass is 32.2. The van der Waals surface area contributed by atoms with Gasteiger partial charge in [0.25, 0.3) is 0 Å². The molecule has 21 heavy (non-hydrogen) atoms. The van der Waals surface area contributed by atoms with Crippen molar-refractivity contribution in [3.05, 3.63) is 22.9 Å². The lowest BCUT2D eigenvalue weighted by Gasteiger charge is -2.35. The van der Waals surface area contributed by atoms with Crippen LogP contribution in [0.2, 0.25) is 0 Å². The Bertz CT molecular complexity index is 700. The number of aryl methyl sites for hydroxylation is 2. The van der Waals surface area contributed by atoms with Crippen LogP contribution in [-0.2, 0) is 22.7 Å². The van der Waals surface area contributed by atoms with Gasteiger partial charge in [-0.3, -0.25) is 0 Å². The minimum Gasteiger partial charge on any atom is -0.389 e. The Hall–Kier alpha value is -1.21. The highest BCUT2D eigenvalue weighted by Crippen LogP contribution is 2.29. The van der Waals surface area contributed by atoms with Gasteiger partial charge < -0.3 is 10.6 Å². The van der Waals surface area contributed by atoms with Crippen molar-refractivity contribution in [2.45, 2.75) is 32.2 Å². The molecule has 1 atom stereocenters. The second-order valence-electron chi connectivity index (χ2n) is 5.84. The van der Waals surface area contributed by atoms with Crippen molar-refractivity contribution < 1.29 is 8.42 Å². The highest BCUT2D eigenvalue weighted by molar-refractivity contribution is 7.91. The fourth-order valence-electron chi connectivity index (χ4n) is 3.17. The van der Waals surface area contributed by atoms with E-state index in [1.54, 1.807) is 0 Å². The summed E-state index contributed by atoms with van der Waals surface area (Å²) in [7, 11) is -2.95. The molecule has 1 aliphatic heterocycles. The molecule has 114 valence electrons. The van der Waals surface area contributed by atoms with Gasteiger partial charge in [-0.2, -0.15) is 0 Å². The van der Waals surface area contributed by atoms with Gasteiger partial charge in [-0.1, -0.05) is 12.2 Å². The number of thiocarbonyl (C=S) groups is 1. The van der Waals surface area contributed by atoms with Crippen LogP contribution in [0.15, 0.2) is 6.07 Å². The summed E-state index contributed by atoms with van der Waals surface area (Å²) in [4.78, 5) is 7.12. The van der Waals surface area contributed by atoms with Crippen LogP contribution in [0.1, 0.15) is 30.2 Å². The number of aromatic nitrogens is 1. The molecular weight excluding hydrogens is 306 g/mol. The van der Waals surface area contributed by atoms with Crippen LogP contribution in [0.25, 0.3) is 0 Å². The van der Waals surface area contributed by atoms with Crippen LogP contribution in [-0.4, -0.2) is 42.5 Å². The molecule has 3 rings (SSSR count). The monoisotopic (exact) mass is 325 g/mol. The van der Waals surface area contributed by atoms with Gasteiger partial charge in [0.2, 0.25) is 0 Å². The fraction of sp³-hybridized carbons (Fsp3) is 0.571. The second-order valence-corrected chi connectivity index (χ2v) is 8.51. The number of hydrogen-bond donors (Lipinski definition) is 1. The molecule has 1 aromatic rings. The molecule has 1 aromatic heterocycles. The number of sulfone groups is 1. The molecule has 0 saturated carbocycles. The zero-order valence-electron chi connectivity index (χ0n) is 12.0. The number of hydrogen-bond acceptors (Lipinski definition) is 5. The smallest absolute Gasteiger partial charge is 0.154 e. The number of nitrogens with two attached hydrogens (primary N) is 1. The molecule has 1 aliphatic carbocycles. The average Bonchev–Trinajstić information content (AvgIpc) is 2.83. The van der Waals surface area contributed by atoms with Crippen molar-refractivity contribution in [3.8, 4) is 0 Å². The van der Waals surface area contributed by atoms with E-state index in [1.807, 2.05) is 17.9 Å². The Morgan fingerprint density at radius 3 is 2.90 bits per heavy atom. The van der Waals surface area contributed by atoms with Crippen molar-refractivity contribution in [1.29, 1.82) is 0 Å². The predicted octanol–water partition coefficient (Wildman–Crippen LogP) is 0.828. The van der Waals surface area contributed by atoms with E-state index in [1.165, 1.54) is 5.56 Å². The molecule has 2 aliphatic rings. The molecule has 5 nitrogen and oxygen atoms in total. The van der Waals surface area contributed by atoms with Gasteiger partial charge in [-0.25, -0.2) is 13.4 Å². The number of fused-ring (bicyclic) bond motifs is 1. The summed E-state index contributed by atoms with van der Waals surface area (Å²) in [5.74, 6) is 1.07. The van der Waals surface area contributed by atoms with Gasteiger partial charge in [0.15, 0.2) is 9.84 Å². The molecule has 0 bridgehead atoms. The molecule has 1 unspecified atom stereocenters. The molecule has 0 amide bonds. The first-order valence-electron chi connectivity index (χ1n) is 7.17. The average molecular weight is 325 g/mol. The van der Waals surface area contributed by atoms with E-state index < -0.39 is 9.84 Å². The summed E-state index contributed by atoms with van der Waals surface area (Å²) in [6.07, 6.45) is 3.09. The Balaban J connectivity index is 2.03. The van der Waals surface area contributed by atoms with Gasteiger partial charge in [-0.15, -0.1) is 0 Å². The van der Waals surface area contributed by atoms with E-state index in [4.69, 9.17) is 22.9 Å². The third-order valence-corrected chi connectivity index (χ3v) is 6.25. The Morgan fingerprint density at radius 1 is 1.48 bits per heavy atom. The second kappa shape index (κ2) is 5.21. The Kier molecular flexibility index (Phi) is 3.65. The predicted molar refractivity (Wildman–Crippen MR) is 87.6 cm³/mol. The molecule has 2 heterocycles. The molecule has 0 aromatic carbocycles. The molecule has 2 N–H and O–H groups in total. The molecular formula is C14H19N3O2S2. The maximum Gasteiger partial charge on any atom is 0.154 e. The van der Waals surface area contributed by atoms with Gasteiger partial charge >= 0.3 is 0 Å². The first kappa shape index (κ1) is 14.7. The summed E-state index contributed by atoms with van der Waals surface area (Å²) in [5, 5.41) is 0. The third-order valence-electron chi connectivity index (χ3n) is 4.24. The van der Waals surface area contributed by atoms with E-state index >= 15 is 0 Å². The molecule has 0 radical (unpaired) electrons. The number of nitrogens with zero attached hydrogens (tertiary/aromatic N) is 2. The summed E-state index contributed by atoms with van der Waals surface area (Å²) in [5.41, 5.74) is 8.96. The maximum absolute atomic E-state index is 11.7. The van der Waals surface area contributed by atoms with E-state index in [0.717, 1.165) is 36.3 Å².